The predicted molar refractivity (Wildman–Crippen MR) is 95.3 cm³/mol. The molecule has 8 heteroatoms. The molecular weight excluding hydrogens is 373 g/mol. The Morgan fingerprint density at radius 1 is 1.25 bits per heavy atom. The molecule has 0 saturated heterocycles. The average Bonchev–Trinajstić information content (AvgIpc) is 2.59. The highest BCUT2D eigenvalue weighted by molar-refractivity contribution is 7.89. The van der Waals surface area contributed by atoms with E-state index in [0.717, 1.165) is 0 Å². The minimum Gasteiger partial charge on any atom is -0.496 e. The summed E-state index contributed by atoms with van der Waals surface area (Å²) in [6.07, 6.45) is 0. The van der Waals surface area contributed by atoms with Crippen LogP contribution in [0.2, 0.25) is 5.02 Å². The Labute approximate surface area is 151 Å². The van der Waals surface area contributed by atoms with E-state index in [2.05, 4.69) is 4.72 Å². The zero-order chi connectivity index (χ0) is 17.7. The van der Waals surface area contributed by atoms with Crippen molar-refractivity contribution in [2.24, 2.45) is 0 Å². The number of hydrogen-bond acceptors (Lipinski definition) is 4. The molecule has 0 atom stereocenters. The second kappa shape index (κ2) is 8.18. The third-order valence-electron chi connectivity index (χ3n) is 3.41. The van der Waals surface area contributed by atoms with Gasteiger partial charge in [0.25, 0.3) is 0 Å². The maximum Gasteiger partial charge on any atom is 0.240 e. The molecule has 0 heterocycles. The van der Waals surface area contributed by atoms with Crippen molar-refractivity contribution in [2.45, 2.75) is 11.5 Å². The van der Waals surface area contributed by atoms with Gasteiger partial charge in [0.15, 0.2) is 0 Å². The first-order valence-corrected chi connectivity index (χ1v) is 9.46. The van der Waals surface area contributed by atoms with E-state index in [9.17, 15) is 13.5 Å². The fraction of sp³-hybridized carbons (Fsp3) is 0.250. The van der Waals surface area contributed by atoms with E-state index in [0.29, 0.717) is 22.4 Å². The van der Waals surface area contributed by atoms with Crippen molar-refractivity contribution >= 4 is 33.2 Å². The third kappa shape index (κ3) is 4.02. The summed E-state index contributed by atoms with van der Waals surface area (Å²) in [5.41, 5.74) is 1.84. The molecule has 0 unspecified atom stereocenters. The number of hydrogen-bond donors (Lipinski definition) is 2. The first-order valence-electron chi connectivity index (χ1n) is 7.07. The van der Waals surface area contributed by atoms with Crippen LogP contribution in [0.5, 0.6) is 5.75 Å². The topological polar surface area (TPSA) is 75.6 Å². The molecule has 0 bridgehead atoms. The van der Waals surface area contributed by atoms with Gasteiger partial charge in [-0.2, -0.15) is 0 Å². The summed E-state index contributed by atoms with van der Waals surface area (Å²) in [6, 6.07) is 9.66. The van der Waals surface area contributed by atoms with Crippen molar-refractivity contribution < 1.29 is 18.3 Å². The molecule has 24 heavy (non-hydrogen) atoms. The molecule has 0 aromatic heterocycles. The van der Waals surface area contributed by atoms with Crippen molar-refractivity contribution in [2.75, 3.05) is 19.5 Å². The molecule has 2 aromatic rings. The minimum atomic E-state index is -3.67. The number of halogens is 2. The quantitative estimate of drug-likeness (QED) is 0.713. The number of sulfonamides is 1. The molecule has 2 aromatic carbocycles. The van der Waals surface area contributed by atoms with Crippen LogP contribution in [0.3, 0.4) is 0 Å². The summed E-state index contributed by atoms with van der Waals surface area (Å²) in [6.45, 7) is -0.0649. The fourth-order valence-electron chi connectivity index (χ4n) is 2.31. The van der Waals surface area contributed by atoms with Crippen molar-refractivity contribution in [1.29, 1.82) is 0 Å². The van der Waals surface area contributed by atoms with Crippen molar-refractivity contribution in [3.63, 3.8) is 0 Å². The zero-order valence-corrected chi connectivity index (χ0v) is 15.2. The summed E-state index contributed by atoms with van der Waals surface area (Å²) < 4.78 is 32.0. The summed E-state index contributed by atoms with van der Waals surface area (Å²) in [4.78, 5) is 0.0433. The number of rotatable bonds is 7. The fourth-order valence-corrected chi connectivity index (χ4v) is 3.91. The van der Waals surface area contributed by atoms with Crippen LogP contribution < -0.4 is 9.46 Å². The number of aliphatic hydroxyl groups excluding tert-OH is 1. The third-order valence-corrected chi connectivity index (χ3v) is 5.37. The van der Waals surface area contributed by atoms with Gasteiger partial charge < -0.3 is 9.84 Å². The Morgan fingerprint density at radius 3 is 2.58 bits per heavy atom. The van der Waals surface area contributed by atoms with E-state index in [4.69, 9.17) is 27.9 Å². The number of nitrogens with one attached hydrogen (secondary N) is 1. The molecular formula is C16H17Cl2NO4S. The molecule has 5 nitrogen and oxygen atoms in total. The van der Waals surface area contributed by atoms with Gasteiger partial charge in [-0.1, -0.05) is 29.8 Å². The Balaban J connectivity index is 2.53. The van der Waals surface area contributed by atoms with Gasteiger partial charge in [0.05, 0.1) is 18.6 Å². The molecule has 0 aliphatic rings. The second-order valence-corrected chi connectivity index (χ2v) is 7.43. The lowest BCUT2D eigenvalue weighted by molar-refractivity contribution is 0.281. The van der Waals surface area contributed by atoms with Gasteiger partial charge >= 0.3 is 0 Å². The Kier molecular flexibility index (Phi) is 6.48. The molecule has 0 spiro atoms. The summed E-state index contributed by atoms with van der Waals surface area (Å²) in [5.74, 6) is 0.714. The molecule has 2 N–H and O–H groups in total. The lowest BCUT2D eigenvalue weighted by Crippen LogP contribution is -2.25. The van der Waals surface area contributed by atoms with Crippen LogP contribution in [-0.4, -0.2) is 33.1 Å². The van der Waals surface area contributed by atoms with Crippen molar-refractivity contribution in [1.82, 2.24) is 4.72 Å². The van der Waals surface area contributed by atoms with Crippen LogP contribution in [0.25, 0.3) is 11.1 Å². The highest BCUT2D eigenvalue weighted by atomic mass is 35.5. The second-order valence-electron chi connectivity index (χ2n) is 4.88. The van der Waals surface area contributed by atoms with Crippen LogP contribution in [0.1, 0.15) is 5.56 Å². The van der Waals surface area contributed by atoms with E-state index < -0.39 is 10.0 Å². The number of aliphatic hydroxyl groups is 1. The molecule has 0 amide bonds. The van der Waals surface area contributed by atoms with Crippen molar-refractivity contribution in [3.8, 4) is 16.9 Å². The number of ether oxygens (including phenoxy) is 1. The maximum atomic E-state index is 12.1. The van der Waals surface area contributed by atoms with Gasteiger partial charge in [0.1, 0.15) is 5.75 Å². The molecule has 2 rings (SSSR count). The van der Waals surface area contributed by atoms with Crippen molar-refractivity contribution in [3.05, 3.63) is 47.0 Å². The van der Waals surface area contributed by atoms with Gasteiger partial charge in [-0.3, -0.25) is 0 Å². The Hall–Kier alpha value is -1.31. The number of alkyl halides is 1. The Morgan fingerprint density at radius 2 is 2.00 bits per heavy atom. The van der Waals surface area contributed by atoms with E-state index in [-0.39, 0.29) is 28.9 Å². The molecule has 130 valence electrons. The number of benzene rings is 2. The highest BCUT2D eigenvalue weighted by Crippen LogP contribution is 2.38. The van der Waals surface area contributed by atoms with Gasteiger partial charge in [-0.15, -0.1) is 11.6 Å². The summed E-state index contributed by atoms with van der Waals surface area (Å²) in [7, 11) is -2.16. The van der Waals surface area contributed by atoms with E-state index in [1.807, 2.05) is 0 Å². The molecule has 0 radical (unpaired) electrons. The predicted octanol–water partition coefficient (Wildman–Crippen LogP) is 3.03. The standard InChI is InChI=1S/C16H17Cl2NO4S/c1-23-15-4-2-3-11(10-20)16(15)13-6-5-12(9-14(13)18)24(21,22)19-8-7-17/h2-6,9,19-20H,7-8,10H2,1H3. The molecule has 0 fully saturated rings. The van der Waals surface area contributed by atoms with Crippen LogP contribution in [0.15, 0.2) is 41.3 Å². The Bertz CT molecular complexity index is 803. The average molecular weight is 390 g/mol. The van der Waals surface area contributed by atoms with Crippen LogP contribution >= 0.6 is 23.2 Å². The monoisotopic (exact) mass is 389 g/mol. The first kappa shape index (κ1) is 19.0. The molecule has 0 aliphatic heterocycles. The normalized spacial score (nSPS) is 11.5. The molecule has 0 aliphatic carbocycles. The maximum absolute atomic E-state index is 12.1. The largest absolute Gasteiger partial charge is 0.496 e. The van der Waals surface area contributed by atoms with E-state index in [1.165, 1.54) is 19.2 Å². The summed E-state index contributed by atoms with van der Waals surface area (Å²) in [5, 5.41) is 9.79. The van der Waals surface area contributed by atoms with Gasteiger partial charge in [-0.25, -0.2) is 13.1 Å². The van der Waals surface area contributed by atoms with Gasteiger partial charge in [0, 0.05) is 28.6 Å². The van der Waals surface area contributed by atoms with E-state index >= 15 is 0 Å². The number of methoxy groups -OCH3 is 1. The van der Waals surface area contributed by atoms with Crippen LogP contribution in [0, 0.1) is 0 Å². The van der Waals surface area contributed by atoms with Crippen LogP contribution in [0.4, 0.5) is 0 Å². The van der Waals surface area contributed by atoms with Crippen LogP contribution in [-0.2, 0) is 16.6 Å². The van der Waals surface area contributed by atoms with Gasteiger partial charge in [0.2, 0.25) is 10.0 Å². The lowest BCUT2D eigenvalue weighted by atomic mass is 9.99. The minimum absolute atomic E-state index is 0.0433. The zero-order valence-electron chi connectivity index (χ0n) is 12.9. The lowest BCUT2D eigenvalue weighted by Gasteiger charge is -2.15. The van der Waals surface area contributed by atoms with E-state index in [1.54, 1.807) is 24.3 Å². The SMILES string of the molecule is COc1cccc(CO)c1-c1ccc(S(=O)(=O)NCCCl)cc1Cl. The first-order chi connectivity index (χ1) is 11.4. The molecule has 0 saturated carbocycles. The smallest absolute Gasteiger partial charge is 0.240 e. The van der Waals surface area contributed by atoms with Gasteiger partial charge in [-0.05, 0) is 23.8 Å². The highest BCUT2D eigenvalue weighted by Gasteiger charge is 2.18. The summed E-state index contributed by atoms with van der Waals surface area (Å²) >= 11 is 11.8.